The van der Waals surface area contributed by atoms with Gasteiger partial charge in [0.05, 0.1) is 23.9 Å². The van der Waals surface area contributed by atoms with Crippen LogP contribution in [0, 0.1) is 0 Å². The summed E-state index contributed by atoms with van der Waals surface area (Å²) in [5.41, 5.74) is 1.14. The molecule has 11 heteroatoms. The molecule has 2 aliphatic heterocycles. The Labute approximate surface area is 200 Å². The molecule has 10 nitrogen and oxygen atoms in total. The van der Waals surface area contributed by atoms with Crippen molar-refractivity contribution in [3.8, 4) is 5.75 Å². The Bertz CT molecular complexity index is 1300. The van der Waals surface area contributed by atoms with Gasteiger partial charge in [0, 0.05) is 38.3 Å². The number of pyridine rings is 1. The highest BCUT2D eigenvalue weighted by molar-refractivity contribution is 6.32. The number of hydrogen-bond donors (Lipinski definition) is 2. The molecule has 2 saturated heterocycles. The lowest BCUT2D eigenvalue weighted by Crippen LogP contribution is -2.43. The fourth-order valence-electron chi connectivity index (χ4n) is 4.36. The lowest BCUT2D eigenvalue weighted by molar-refractivity contribution is -0.122. The zero-order valence-corrected chi connectivity index (χ0v) is 19.6. The van der Waals surface area contributed by atoms with E-state index < -0.39 is 0 Å². The molecule has 0 saturated carbocycles. The van der Waals surface area contributed by atoms with E-state index in [4.69, 9.17) is 21.1 Å². The van der Waals surface area contributed by atoms with Gasteiger partial charge >= 0.3 is 0 Å². The number of amides is 1. The maximum Gasteiger partial charge on any atom is 0.293 e. The SMILES string of the molecule is CNC(=O)COc1cc2cc(Nc3nc(N4CC5CCC(C4)O5)ncc3Cl)ccc2n(C)c1=O. The minimum absolute atomic E-state index is 0.0973. The maximum absolute atomic E-state index is 12.6. The highest BCUT2D eigenvalue weighted by Gasteiger charge is 2.34. The number of hydrogen-bond acceptors (Lipinski definition) is 8. The van der Waals surface area contributed by atoms with E-state index in [2.05, 4.69) is 25.5 Å². The molecule has 0 radical (unpaired) electrons. The predicted molar refractivity (Wildman–Crippen MR) is 129 cm³/mol. The van der Waals surface area contributed by atoms with Crippen molar-refractivity contribution in [3.63, 3.8) is 0 Å². The van der Waals surface area contributed by atoms with Crippen LogP contribution in [0.3, 0.4) is 0 Å². The van der Waals surface area contributed by atoms with Crippen LogP contribution in [0.1, 0.15) is 12.8 Å². The number of fused-ring (bicyclic) bond motifs is 3. The van der Waals surface area contributed by atoms with Crippen molar-refractivity contribution < 1.29 is 14.3 Å². The summed E-state index contributed by atoms with van der Waals surface area (Å²) < 4.78 is 12.8. The Balaban J connectivity index is 1.41. The lowest BCUT2D eigenvalue weighted by Gasteiger charge is -2.32. The molecule has 2 atom stereocenters. The van der Waals surface area contributed by atoms with Crippen molar-refractivity contribution in [2.45, 2.75) is 25.0 Å². The summed E-state index contributed by atoms with van der Waals surface area (Å²) in [6.45, 7) is 1.29. The number of carbonyl (C=O) groups excluding carboxylic acids is 1. The molecule has 2 fully saturated rings. The zero-order chi connectivity index (χ0) is 23.8. The second-order valence-corrected chi connectivity index (χ2v) is 8.87. The number of anilines is 3. The van der Waals surface area contributed by atoms with E-state index in [-0.39, 0.29) is 36.0 Å². The Morgan fingerprint density at radius 1 is 1.26 bits per heavy atom. The number of benzene rings is 1. The van der Waals surface area contributed by atoms with Crippen molar-refractivity contribution in [1.29, 1.82) is 0 Å². The van der Waals surface area contributed by atoms with E-state index in [9.17, 15) is 9.59 Å². The summed E-state index contributed by atoms with van der Waals surface area (Å²) in [4.78, 5) is 35.3. The molecule has 178 valence electrons. The van der Waals surface area contributed by atoms with Gasteiger partial charge in [-0.15, -0.1) is 0 Å². The molecule has 3 aromatic rings. The number of aromatic nitrogens is 3. The number of likely N-dealkylation sites (N-methyl/N-ethyl adjacent to an activating group) is 1. The van der Waals surface area contributed by atoms with Gasteiger partial charge in [-0.2, -0.15) is 4.98 Å². The average molecular weight is 485 g/mol. The fraction of sp³-hybridized carbons (Fsp3) is 0.391. The topological polar surface area (TPSA) is 111 Å². The van der Waals surface area contributed by atoms with Gasteiger partial charge in [0.15, 0.2) is 18.2 Å². The number of ether oxygens (including phenoxy) is 2. The summed E-state index contributed by atoms with van der Waals surface area (Å²) in [5, 5.41) is 6.89. The van der Waals surface area contributed by atoms with E-state index >= 15 is 0 Å². The minimum atomic E-state index is -0.319. The van der Waals surface area contributed by atoms with Gasteiger partial charge in [-0.3, -0.25) is 9.59 Å². The minimum Gasteiger partial charge on any atom is -0.478 e. The Kier molecular flexibility index (Phi) is 6.01. The van der Waals surface area contributed by atoms with Gasteiger partial charge in [0.25, 0.3) is 11.5 Å². The maximum atomic E-state index is 12.6. The normalized spacial score (nSPS) is 19.3. The van der Waals surface area contributed by atoms with Gasteiger partial charge in [-0.1, -0.05) is 11.6 Å². The van der Waals surface area contributed by atoms with Crippen LogP contribution in [-0.4, -0.2) is 59.4 Å². The Hall–Kier alpha value is -3.37. The summed E-state index contributed by atoms with van der Waals surface area (Å²) in [6, 6.07) is 7.17. The molecule has 1 aromatic carbocycles. The monoisotopic (exact) mass is 484 g/mol. The molecule has 2 N–H and O–H groups in total. The summed E-state index contributed by atoms with van der Waals surface area (Å²) in [5.74, 6) is 0.881. The van der Waals surface area contributed by atoms with Crippen LogP contribution in [0.15, 0.2) is 35.3 Å². The van der Waals surface area contributed by atoms with E-state index in [1.165, 1.54) is 11.6 Å². The number of carbonyl (C=O) groups is 1. The molecule has 4 heterocycles. The standard InChI is InChI=1S/C23H25ClN6O4/c1-25-20(31)12-33-19-8-13-7-14(3-6-18(13)29(2)22(19)32)27-21-17(24)9-26-23(28-21)30-10-15-4-5-16(11-30)34-15/h3,6-9,15-16H,4-5,10-12H2,1-2H3,(H,25,31)(H,26,27,28). The van der Waals surface area contributed by atoms with Crippen LogP contribution in [-0.2, 0) is 16.6 Å². The molecule has 2 unspecified atom stereocenters. The van der Waals surface area contributed by atoms with E-state index in [0.717, 1.165) is 42.5 Å². The molecule has 1 amide bonds. The fourth-order valence-corrected chi connectivity index (χ4v) is 4.50. The smallest absolute Gasteiger partial charge is 0.293 e. The van der Waals surface area contributed by atoms with Crippen molar-refractivity contribution in [2.75, 3.05) is 37.0 Å². The molecule has 5 rings (SSSR count). The number of aryl methyl sites for hydroxylation is 1. The number of nitrogens with one attached hydrogen (secondary N) is 2. The van der Waals surface area contributed by atoms with Crippen LogP contribution in [0.5, 0.6) is 5.75 Å². The third-order valence-electron chi connectivity index (χ3n) is 6.15. The summed E-state index contributed by atoms with van der Waals surface area (Å²) in [7, 11) is 3.17. The second kappa shape index (κ2) is 9.11. The predicted octanol–water partition coefficient (Wildman–Crippen LogP) is 2.22. The Morgan fingerprint density at radius 3 is 2.76 bits per heavy atom. The summed E-state index contributed by atoms with van der Waals surface area (Å²) in [6.07, 6.45) is 4.17. The third kappa shape index (κ3) is 4.38. The molecule has 0 spiro atoms. The number of nitrogens with zero attached hydrogens (tertiary/aromatic N) is 4. The van der Waals surface area contributed by atoms with Crippen LogP contribution in [0.4, 0.5) is 17.5 Å². The first-order chi connectivity index (χ1) is 16.4. The lowest BCUT2D eigenvalue weighted by atomic mass is 10.2. The molecule has 2 bridgehead atoms. The van der Waals surface area contributed by atoms with Crippen LogP contribution < -0.4 is 25.8 Å². The quantitative estimate of drug-likeness (QED) is 0.548. The van der Waals surface area contributed by atoms with Crippen LogP contribution >= 0.6 is 11.6 Å². The summed E-state index contributed by atoms with van der Waals surface area (Å²) >= 11 is 6.39. The molecular formula is C23H25ClN6O4. The molecule has 2 aliphatic rings. The second-order valence-electron chi connectivity index (χ2n) is 8.46. The number of halogens is 1. The third-order valence-corrected chi connectivity index (χ3v) is 6.43. The highest BCUT2D eigenvalue weighted by atomic mass is 35.5. The van der Waals surface area contributed by atoms with Crippen molar-refractivity contribution in [1.82, 2.24) is 19.9 Å². The first kappa shape index (κ1) is 22.4. The molecular weight excluding hydrogens is 460 g/mol. The van der Waals surface area contributed by atoms with Gasteiger partial charge in [0.2, 0.25) is 5.95 Å². The average Bonchev–Trinajstić information content (AvgIpc) is 3.18. The van der Waals surface area contributed by atoms with Crippen molar-refractivity contribution in [3.05, 3.63) is 45.8 Å². The molecule has 2 aromatic heterocycles. The number of rotatable bonds is 6. The first-order valence-electron chi connectivity index (χ1n) is 11.1. The van der Waals surface area contributed by atoms with Crippen LogP contribution in [0.25, 0.3) is 10.9 Å². The first-order valence-corrected chi connectivity index (χ1v) is 11.5. The van der Waals surface area contributed by atoms with E-state index in [0.29, 0.717) is 16.8 Å². The van der Waals surface area contributed by atoms with Gasteiger partial charge in [0.1, 0.15) is 5.02 Å². The zero-order valence-electron chi connectivity index (χ0n) is 18.9. The van der Waals surface area contributed by atoms with Crippen molar-refractivity contribution in [2.24, 2.45) is 7.05 Å². The van der Waals surface area contributed by atoms with Gasteiger partial charge in [-0.25, -0.2) is 4.98 Å². The molecule has 34 heavy (non-hydrogen) atoms. The molecule has 0 aliphatic carbocycles. The van der Waals surface area contributed by atoms with E-state index in [1.54, 1.807) is 19.3 Å². The Morgan fingerprint density at radius 2 is 2.03 bits per heavy atom. The van der Waals surface area contributed by atoms with E-state index in [1.807, 2.05) is 18.2 Å². The van der Waals surface area contributed by atoms with Crippen LogP contribution in [0.2, 0.25) is 5.02 Å². The van der Waals surface area contributed by atoms with Gasteiger partial charge < -0.3 is 29.6 Å². The van der Waals surface area contributed by atoms with Gasteiger partial charge in [-0.05, 0) is 37.1 Å². The largest absolute Gasteiger partial charge is 0.478 e. The highest BCUT2D eigenvalue weighted by Crippen LogP contribution is 2.31. The number of morpholine rings is 1. The van der Waals surface area contributed by atoms with Crippen molar-refractivity contribution >= 4 is 45.9 Å².